The molecular weight excluding hydrogens is 328 g/mol. The van der Waals surface area contributed by atoms with E-state index in [1.54, 1.807) is 12.2 Å². The van der Waals surface area contributed by atoms with Gasteiger partial charge in [-0.1, -0.05) is 30.3 Å². The van der Waals surface area contributed by atoms with Gasteiger partial charge in [0.25, 0.3) is 0 Å². The van der Waals surface area contributed by atoms with E-state index in [1.807, 2.05) is 36.1 Å². The molecule has 0 spiro atoms. The second-order valence-electron chi connectivity index (χ2n) is 6.33. The SMILES string of the molecule is C/C=C/C(=O)N1CC[C@H](Nc2nc(-c3ncn[nH]3)cc3ccccc23)C1. The highest BCUT2D eigenvalue weighted by atomic mass is 16.2. The van der Waals surface area contributed by atoms with E-state index in [9.17, 15) is 4.79 Å². The summed E-state index contributed by atoms with van der Waals surface area (Å²) >= 11 is 0. The molecule has 0 aliphatic carbocycles. The third kappa shape index (κ3) is 3.15. The Morgan fingerprint density at radius 2 is 2.27 bits per heavy atom. The van der Waals surface area contributed by atoms with E-state index in [1.165, 1.54) is 6.33 Å². The molecule has 0 bridgehead atoms. The summed E-state index contributed by atoms with van der Waals surface area (Å²) in [6.07, 6.45) is 5.76. The second kappa shape index (κ2) is 6.95. The molecule has 3 aromatic rings. The summed E-state index contributed by atoms with van der Waals surface area (Å²) in [4.78, 5) is 22.9. The molecule has 1 fully saturated rings. The normalized spacial score (nSPS) is 17.3. The van der Waals surface area contributed by atoms with Gasteiger partial charge in [0.15, 0.2) is 5.82 Å². The zero-order valence-corrected chi connectivity index (χ0v) is 14.5. The number of pyridine rings is 1. The number of benzene rings is 1. The predicted molar refractivity (Wildman–Crippen MR) is 101 cm³/mol. The molecule has 4 rings (SSSR count). The minimum Gasteiger partial charge on any atom is -0.365 e. The number of allylic oxidation sites excluding steroid dienone is 1. The minimum absolute atomic E-state index is 0.0602. The summed E-state index contributed by atoms with van der Waals surface area (Å²) in [5.41, 5.74) is 0.739. The van der Waals surface area contributed by atoms with Crippen LogP contribution in [0.4, 0.5) is 5.82 Å². The molecule has 1 amide bonds. The van der Waals surface area contributed by atoms with E-state index in [-0.39, 0.29) is 11.9 Å². The topological polar surface area (TPSA) is 86.8 Å². The molecule has 1 saturated heterocycles. The Bertz CT molecular complexity index is 950. The lowest BCUT2D eigenvalue weighted by molar-refractivity contribution is -0.125. The molecule has 2 aromatic heterocycles. The zero-order valence-electron chi connectivity index (χ0n) is 14.5. The van der Waals surface area contributed by atoms with E-state index >= 15 is 0 Å². The monoisotopic (exact) mass is 348 g/mol. The number of rotatable bonds is 4. The number of amides is 1. The van der Waals surface area contributed by atoms with Gasteiger partial charge >= 0.3 is 0 Å². The van der Waals surface area contributed by atoms with E-state index < -0.39 is 0 Å². The number of carbonyl (C=O) groups excluding carboxylic acids is 1. The highest BCUT2D eigenvalue weighted by molar-refractivity contribution is 5.94. The molecule has 7 heteroatoms. The van der Waals surface area contributed by atoms with Crippen molar-refractivity contribution in [1.29, 1.82) is 0 Å². The van der Waals surface area contributed by atoms with E-state index in [4.69, 9.17) is 4.98 Å². The molecule has 7 nitrogen and oxygen atoms in total. The molecule has 0 unspecified atom stereocenters. The van der Waals surface area contributed by atoms with Crippen LogP contribution in [0.15, 0.2) is 48.8 Å². The van der Waals surface area contributed by atoms with Gasteiger partial charge in [-0.2, -0.15) is 5.10 Å². The van der Waals surface area contributed by atoms with Crippen LogP contribution in [0.2, 0.25) is 0 Å². The van der Waals surface area contributed by atoms with Crippen LogP contribution in [-0.4, -0.2) is 50.1 Å². The molecule has 26 heavy (non-hydrogen) atoms. The molecule has 0 saturated carbocycles. The highest BCUT2D eigenvalue weighted by Crippen LogP contribution is 2.27. The number of aromatic amines is 1. The van der Waals surface area contributed by atoms with Crippen LogP contribution in [0, 0.1) is 0 Å². The van der Waals surface area contributed by atoms with Crippen molar-refractivity contribution in [3.8, 4) is 11.5 Å². The van der Waals surface area contributed by atoms with Crippen LogP contribution >= 0.6 is 0 Å². The fraction of sp³-hybridized carbons (Fsp3) is 0.263. The maximum atomic E-state index is 12.0. The Kier molecular flexibility index (Phi) is 4.35. The van der Waals surface area contributed by atoms with Crippen molar-refractivity contribution < 1.29 is 4.79 Å². The molecule has 1 atom stereocenters. The van der Waals surface area contributed by atoms with Gasteiger partial charge in [-0.25, -0.2) is 9.97 Å². The fourth-order valence-electron chi connectivity index (χ4n) is 3.28. The summed E-state index contributed by atoms with van der Waals surface area (Å²) in [5, 5.41) is 12.4. The number of aromatic nitrogens is 4. The van der Waals surface area contributed by atoms with Crippen LogP contribution in [-0.2, 0) is 4.79 Å². The number of anilines is 1. The zero-order chi connectivity index (χ0) is 17.9. The van der Waals surface area contributed by atoms with Gasteiger partial charge in [0.05, 0.1) is 0 Å². The van der Waals surface area contributed by atoms with Gasteiger partial charge in [0, 0.05) is 24.5 Å². The summed E-state index contributed by atoms with van der Waals surface area (Å²) in [5.74, 6) is 1.50. The minimum atomic E-state index is 0.0602. The Labute approximate surface area is 151 Å². The largest absolute Gasteiger partial charge is 0.365 e. The van der Waals surface area contributed by atoms with Crippen molar-refractivity contribution in [1.82, 2.24) is 25.1 Å². The fourth-order valence-corrected chi connectivity index (χ4v) is 3.28. The third-order valence-electron chi connectivity index (χ3n) is 4.55. The summed E-state index contributed by atoms with van der Waals surface area (Å²) < 4.78 is 0. The van der Waals surface area contributed by atoms with Crippen LogP contribution in [0.5, 0.6) is 0 Å². The first-order valence-corrected chi connectivity index (χ1v) is 8.68. The lowest BCUT2D eigenvalue weighted by Crippen LogP contribution is -2.30. The predicted octanol–water partition coefficient (Wildman–Crippen LogP) is 2.61. The molecular formula is C19H20N6O. The number of hydrogen-bond donors (Lipinski definition) is 2. The Morgan fingerprint density at radius 1 is 1.38 bits per heavy atom. The van der Waals surface area contributed by atoms with Crippen molar-refractivity contribution in [2.75, 3.05) is 18.4 Å². The van der Waals surface area contributed by atoms with Crippen molar-refractivity contribution in [2.45, 2.75) is 19.4 Å². The van der Waals surface area contributed by atoms with Crippen molar-refractivity contribution in [2.24, 2.45) is 0 Å². The number of hydrogen-bond acceptors (Lipinski definition) is 5. The molecule has 2 N–H and O–H groups in total. The number of nitrogens with one attached hydrogen (secondary N) is 2. The van der Waals surface area contributed by atoms with E-state index in [0.717, 1.165) is 35.2 Å². The lowest BCUT2D eigenvalue weighted by Gasteiger charge is -2.17. The first kappa shape index (κ1) is 16.3. The summed E-state index contributed by atoms with van der Waals surface area (Å²) in [6, 6.07) is 10.3. The number of H-pyrrole nitrogens is 1. The molecule has 1 aromatic carbocycles. The third-order valence-corrected chi connectivity index (χ3v) is 4.55. The van der Waals surface area contributed by atoms with Gasteiger partial charge in [-0.05, 0) is 30.9 Å². The van der Waals surface area contributed by atoms with Gasteiger partial charge < -0.3 is 10.2 Å². The smallest absolute Gasteiger partial charge is 0.246 e. The Morgan fingerprint density at radius 3 is 3.08 bits per heavy atom. The molecule has 3 heterocycles. The maximum Gasteiger partial charge on any atom is 0.246 e. The maximum absolute atomic E-state index is 12.0. The number of fused-ring (bicyclic) bond motifs is 1. The van der Waals surface area contributed by atoms with Crippen molar-refractivity contribution in [3.63, 3.8) is 0 Å². The van der Waals surface area contributed by atoms with Crippen LogP contribution in [0.1, 0.15) is 13.3 Å². The molecule has 1 aliphatic heterocycles. The highest BCUT2D eigenvalue weighted by Gasteiger charge is 2.25. The standard InChI is InChI=1S/C19H20N6O/c1-2-5-17(26)25-9-8-14(11-25)22-18-15-7-4-3-6-13(15)10-16(23-18)19-20-12-21-24-19/h2-7,10,12,14H,8-9,11H2,1H3,(H,22,23)(H,20,21,24)/b5-2+/t14-/m0/s1. The van der Waals surface area contributed by atoms with Gasteiger partial charge in [0.2, 0.25) is 5.91 Å². The molecule has 0 radical (unpaired) electrons. The van der Waals surface area contributed by atoms with E-state index in [2.05, 4.69) is 26.6 Å². The average Bonchev–Trinajstić information content (AvgIpc) is 3.34. The average molecular weight is 348 g/mol. The van der Waals surface area contributed by atoms with Gasteiger partial charge in [-0.3, -0.25) is 9.89 Å². The van der Waals surface area contributed by atoms with E-state index in [0.29, 0.717) is 12.4 Å². The first-order valence-electron chi connectivity index (χ1n) is 8.68. The summed E-state index contributed by atoms with van der Waals surface area (Å²) in [6.45, 7) is 3.28. The number of likely N-dealkylation sites (tertiary alicyclic amines) is 1. The van der Waals surface area contributed by atoms with Crippen molar-refractivity contribution >= 4 is 22.5 Å². The van der Waals surface area contributed by atoms with Crippen LogP contribution in [0.3, 0.4) is 0 Å². The number of nitrogens with zero attached hydrogens (tertiary/aromatic N) is 4. The van der Waals surface area contributed by atoms with Gasteiger partial charge in [-0.15, -0.1) is 0 Å². The van der Waals surface area contributed by atoms with Crippen LogP contribution < -0.4 is 5.32 Å². The van der Waals surface area contributed by atoms with Gasteiger partial charge in [0.1, 0.15) is 17.8 Å². The first-order chi connectivity index (χ1) is 12.7. The van der Waals surface area contributed by atoms with Crippen LogP contribution in [0.25, 0.3) is 22.3 Å². The Hall–Kier alpha value is -3.22. The van der Waals surface area contributed by atoms with Crippen molar-refractivity contribution in [3.05, 3.63) is 48.8 Å². The molecule has 132 valence electrons. The second-order valence-corrected chi connectivity index (χ2v) is 6.33. The Balaban J connectivity index is 1.63. The molecule has 1 aliphatic rings. The lowest BCUT2D eigenvalue weighted by atomic mass is 10.1. The quantitative estimate of drug-likeness (QED) is 0.708. The summed E-state index contributed by atoms with van der Waals surface area (Å²) in [7, 11) is 0. The number of carbonyl (C=O) groups is 1.